The summed E-state index contributed by atoms with van der Waals surface area (Å²) >= 11 is 7.86. The van der Waals surface area contributed by atoms with Gasteiger partial charge in [0, 0.05) is 25.7 Å². The number of hydrogen-bond donors (Lipinski definition) is 1. The number of aromatic nitrogens is 1. The first-order valence-electron chi connectivity index (χ1n) is 8.99. The van der Waals surface area contributed by atoms with E-state index in [-0.39, 0.29) is 0 Å². The normalized spacial score (nSPS) is 10.9. The fourth-order valence-electron chi connectivity index (χ4n) is 3.29. The van der Waals surface area contributed by atoms with Crippen LogP contribution in [0.15, 0.2) is 70.5 Å². The van der Waals surface area contributed by atoms with Gasteiger partial charge < -0.3 is 19.2 Å². The summed E-state index contributed by atoms with van der Waals surface area (Å²) in [6, 6.07) is 20.1. The van der Waals surface area contributed by atoms with Gasteiger partial charge in [0.25, 0.3) is 0 Å². The Morgan fingerprint density at radius 2 is 1.52 bits per heavy atom. The van der Waals surface area contributed by atoms with Crippen LogP contribution in [0.4, 0.5) is 0 Å². The van der Waals surface area contributed by atoms with Gasteiger partial charge >= 0.3 is 0 Å². The van der Waals surface area contributed by atoms with E-state index in [1.54, 1.807) is 33.1 Å². The van der Waals surface area contributed by atoms with Gasteiger partial charge in [0.05, 0.1) is 27.0 Å². The minimum atomic E-state index is 0.577. The van der Waals surface area contributed by atoms with Crippen LogP contribution in [0.1, 0.15) is 0 Å². The molecule has 0 unspecified atom stereocenters. The number of methoxy groups -OCH3 is 3. The molecule has 0 atom stereocenters. The Kier molecular flexibility index (Phi) is 5.60. The summed E-state index contributed by atoms with van der Waals surface area (Å²) in [6.07, 6.45) is 0. The summed E-state index contributed by atoms with van der Waals surface area (Å²) in [5.41, 5.74) is 3.14. The Labute approximate surface area is 178 Å². The fourth-order valence-corrected chi connectivity index (χ4v) is 4.59. The first-order chi connectivity index (χ1) is 14.1. The van der Waals surface area contributed by atoms with E-state index in [9.17, 15) is 0 Å². The molecule has 4 aromatic rings. The van der Waals surface area contributed by atoms with Crippen molar-refractivity contribution < 1.29 is 14.2 Å². The quantitative estimate of drug-likeness (QED) is 0.375. The summed E-state index contributed by atoms with van der Waals surface area (Å²) in [7, 11) is 4.84. The third kappa shape index (κ3) is 3.76. The minimum Gasteiger partial charge on any atom is -0.493 e. The van der Waals surface area contributed by atoms with Crippen LogP contribution in [0.5, 0.6) is 17.2 Å². The number of halogens is 1. The predicted octanol–water partition coefficient (Wildman–Crippen LogP) is 6.67. The van der Waals surface area contributed by atoms with E-state index < -0.39 is 0 Å². The van der Waals surface area contributed by atoms with E-state index in [1.807, 2.05) is 48.5 Å². The maximum Gasteiger partial charge on any atom is 0.203 e. The van der Waals surface area contributed by atoms with Gasteiger partial charge in [-0.1, -0.05) is 59.8 Å². The largest absolute Gasteiger partial charge is 0.493 e. The topological polar surface area (TPSA) is 43.5 Å². The number of nitrogens with one attached hydrogen (secondary N) is 1. The van der Waals surface area contributed by atoms with Crippen molar-refractivity contribution in [3.05, 3.63) is 65.7 Å². The monoisotopic (exact) mass is 425 g/mol. The Morgan fingerprint density at radius 1 is 0.828 bits per heavy atom. The molecule has 0 radical (unpaired) electrons. The highest BCUT2D eigenvalue weighted by atomic mass is 35.5. The van der Waals surface area contributed by atoms with Crippen molar-refractivity contribution in [2.24, 2.45) is 0 Å². The Hall–Kier alpha value is -2.76. The lowest BCUT2D eigenvalue weighted by Crippen LogP contribution is -1.95. The van der Waals surface area contributed by atoms with Gasteiger partial charge in [0.2, 0.25) is 5.75 Å². The van der Waals surface area contributed by atoms with E-state index in [0.29, 0.717) is 22.3 Å². The number of rotatable bonds is 6. The summed E-state index contributed by atoms with van der Waals surface area (Å²) < 4.78 is 16.5. The second-order valence-corrected chi connectivity index (χ2v) is 7.87. The number of benzene rings is 3. The van der Waals surface area contributed by atoms with Crippen molar-refractivity contribution >= 4 is 34.3 Å². The molecule has 0 fully saturated rings. The highest BCUT2D eigenvalue weighted by Crippen LogP contribution is 2.46. The molecule has 0 saturated carbocycles. The molecular formula is C23H20ClNO3S. The van der Waals surface area contributed by atoms with Crippen LogP contribution in [0.3, 0.4) is 0 Å². The van der Waals surface area contributed by atoms with E-state index in [4.69, 9.17) is 25.8 Å². The zero-order valence-corrected chi connectivity index (χ0v) is 17.9. The predicted molar refractivity (Wildman–Crippen MR) is 119 cm³/mol. The number of aromatic amines is 1. The molecule has 1 N–H and O–H groups in total. The van der Waals surface area contributed by atoms with Gasteiger partial charge in [0.1, 0.15) is 0 Å². The average molecular weight is 426 g/mol. The summed E-state index contributed by atoms with van der Waals surface area (Å²) in [5.74, 6) is 1.82. The lowest BCUT2D eigenvalue weighted by Gasteiger charge is -2.14. The third-order valence-corrected chi connectivity index (χ3v) is 5.97. The van der Waals surface area contributed by atoms with E-state index in [0.717, 1.165) is 32.0 Å². The maximum absolute atomic E-state index is 6.23. The standard InChI is InChI=1S/C23H20ClNO3S/c1-26-19-12-16(13-20(27-2)22(19)28-3)29-23-17-10-9-15(24)11-18(17)25-21(23)14-7-5-4-6-8-14/h4-13,25H,1-3H3. The van der Waals surface area contributed by atoms with Gasteiger partial charge in [-0.2, -0.15) is 0 Å². The average Bonchev–Trinajstić information content (AvgIpc) is 3.10. The summed E-state index contributed by atoms with van der Waals surface area (Å²) in [4.78, 5) is 5.62. The van der Waals surface area contributed by atoms with Crippen molar-refractivity contribution in [2.45, 2.75) is 9.79 Å². The second-order valence-electron chi connectivity index (χ2n) is 6.35. The zero-order valence-electron chi connectivity index (χ0n) is 16.3. The van der Waals surface area contributed by atoms with E-state index in [1.165, 1.54) is 0 Å². The van der Waals surface area contributed by atoms with Crippen molar-refractivity contribution in [3.8, 4) is 28.5 Å². The number of H-pyrrole nitrogens is 1. The van der Waals surface area contributed by atoms with Gasteiger partial charge in [-0.15, -0.1) is 0 Å². The minimum absolute atomic E-state index is 0.577. The molecule has 4 rings (SSSR count). The van der Waals surface area contributed by atoms with E-state index in [2.05, 4.69) is 17.1 Å². The molecule has 3 aromatic carbocycles. The SMILES string of the molecule is COc1cc(Sc2c(-c3ccccc3)[nH]c3cc(Cl)ccc23)cc(OC)c1OC. The Bertz CT molecular complexity index is 1130. The van der Waals surface area contributed by atoms with E-state index >= 15 is 0 Å². The molecule has 148 valence electrons. The molecule has 4 nitrogen and oxygen atoms in total. The van der Waals surface area contributed by atoms with Gasteiger partial charge in [-0.25, -0.2) is 0 Å². The molecular weight excluding hydrogens is 406 g/mol. The first-order valence-corrected chi connectivity index (χ1v) is 10.2. The van der Waals surface area contributed by atoms with Crippen LogP contribution < -0.4 is 14.2 Å². The van der Waals surface area contributed by atoms with Crippen LogP contribution in [-0.2, 0) is 0 Å². The lowest BCUT2D eigenvalue weighted by atomic mass is 10.1. The van der Waals surface area contributed by atoms with Gasteiger partial charge in [0.15, 0.2) is 11.5 Å². The van der Waals surface area contributed by atoms with Crippen LogP contribution >= 0.6 is 23.4 Å². The maximum atomic E-state index is 6.23. The molecule has 6 heteroatoms. The van der Waals surface area contributed by atoms with Crippen molar-refractivity contribution in [1.82, 2.24) is 4.98 Å². The molecule has 0 aliphatic heterocycles. The zero-order chi connectivity index (χ0) is 20.4. The number of fused-ring (bicyclic) bond motifs is 1. The van der Waals surface area contributed by atoms with Crippen molar-refractivity contribution in [1.29, 1.82) is 0 Å². The van der Waals surface area contributed by atoms with Crippen LogP contribution in [-0.4, -0.2) is 26.3 Å². The van der Waals surface area contributed by atoms with Gasteiger partial charge in [-0.05, 0) is 29.8 Å². The van der Waals surface area contributed by atoms with Crippen molar-refractivity contribution in [3.63, 3.8) is 0 Å². The molecule has 0 amide bonds. The molecule has 0 aliphatic rings. The smallest absolute Gasteiger partial charge is 0.203 e. The second kappa shape index (κ2) is 8.31. The number of hydrogen-bond acceptors (Lipinski definition) is 4. The summed E-state index contributed by atoms with van der Waals surface area (Å²) in [5, 5.41) is 1.80. The highest BCUT2D eigenvalue weighted by Gasteiger charge is 2.18. The summed E-state index contributed by atoms with van der Waals surface area (Å²) in [6.45, 7) is 0. The van der Waals surface area contributed by atoms with Crippen LogP contribution in [0.2, 0.25) is 5.02 Å². The van der Waals surface area contributed by atoms with Gasteiger partial charge in [-0.3, -0.25) is 0 Å². The molecule has 0 aliphatic carbocycles. The molecule has 0 saturated heterocycles. The van der Waals surface area contributed by atoms with Crippen LogP contribution in [0.25, 0.3) is 22.2 Å². The number of ether oxygens (including phenoxy) is 3. The molecule has 0 spiro atoms. The molecule has 29 heavy (non-hydrogen) atoms. The third-order valence-electron chi connectivity index (χ3n) is 4.63. The highest BCUT2D eigenvalue weighted by molar-refractivity contribution is 7.99. The Morgan fingerprint density at radius 3 is 2.14 bits per heavy atom. The van der Waals surface area contributed by atoms with Crippen LogP contribution in [0, 0.1) is 0 Å². The fraction of sp³-hybridized carbons (Fsp3) is 0.130. The first kappa shape index (κ1) is 19.6. The molecule has 1 heterocycles. The molecule has 1 aromatic heterocycles. The van der Waals surface area contributed by atoms with Crippen molar-refractivity contribution in [2.75, 3.05) is 21.3 Å². The Balaban J connectivity index is 1.88. The lowest BCUT2D eigenvalue weighted by molar-refractivity contribution is 0.323. The molecule has 0 bridgehead atoms.